The fourth-order valence-corrected chi connectivity index (χ4v) is 4.34. The zero-order valence-electron chi connectivity index (χ0n) is 11.3. The number of hydrogen-bond donors (Lipinski definition) is 1. The van der Waals surface area contributed by atoms with Gasteiger partial charge in [-0.25, -0.2) is 9.67 Å². The molecule has 0 unspecified atom stereocenters. The van der Waals surface area contributed by atoms with Gasteiger partial charge in [0, 0.05) is 4.90 Å². The number of nitrogens with two attached hydrogens (primary N) is 1. The summed E-state index contributed by atoms with van der Waals surface area (Å²) >= 11 is 3.11. The summed E-state index contributed by atoms with van der Waals surface area (Å²) in [5, 5.41) is 13.0. The lowest BCUT2D eigenvalue weighted by atomic mass is 10.3. The first kappa shape index (κ1) is 13.0. The van der Waals surface area contributed by atoms with E-state index in [0.29, 0.717) is 11.7 Å². The van der Waals surface area contributed by atoms with Gasteiger partial charge in [0.15, 0.2) is 0 Å². The van der Waals surface area contributed by atoms with Gasteiger partial charge in [-0.05, 0) is 47.2 Å². The van der Waals surface area contributed by atoms with Crippen LogP contribution in [0.4, 0.5) is 5.69 Å². The predicted molar refractivity (Wildman–Crippen MR) is 83.5 cm³/mol. The first-order chi connectivity index (χ1) is 10.3. The molecule has 1 aliphatic carbocycles. The molecule has 1 saturated carbocycles. The van der Waals surface area contributed by atoms with E-state index < -0.39 is 0 Å². The monoisotopic (exact) mass is 318 g/mol. The molecule has 0 aliphatic heterocycles. The summed E-state index contributed by atoms with van der Waals surface area (Å²) in [6.07, 6.45) is 4.81. The Morgan fingerprint density at radius 1 is 1.29 bits per heavy atom. The Balaban J connectivity index is 1.68. The summed E-state index contributed by atoms with van der Waals surface area (Å²) in [7, 11) is 0. The molecule has 6 nitrogen and oxygen atoms in total. The number of hydrogen-bond acceptors (Lipinski definition) is 7. The Kier molecular flexibility index (Phi) is 3.27. The van der Waals surface area contributed by atoms with Crippen LogP contribution in [0.5, 0.6) is 0 Å². The second-order valence-corrected chi connectivity index (χ2v) is 7.02. The molecule has 0 saturated heterocycles. The molecule has 0 radical (unpaired) electrons. The lowest BCUT2D eigenvalue weighted by molar-refractivity contribution is 0.423. The number of tetrazole rings is 1. The Morgan fingerprint density at radius 2 is 2.14 bits per heavy atom. The maximum atomic E-state index is 6.23. The molecule has 4 rings (SSSR count). The van der Waals surface area contributed by atoms with Gasteiger partial charge in [-0.1, -0.05) is 12.8 Å². The van der Waals surface area contributed by atoms with Crippen LogP contribution in [0, 0.1) is 0 Å². The van der Waals surface area contributed by atoms with Crippen molar-refractivity contribution in [2.24, 2.45) is 0 Å². The van der Waals surface area contributed by atoms with Gasteiger partial charge in [0.05, 0.1) is 21.9 Å². The van der Waals surface area contributed by atoms with Gasteiger partial charge in [-0.2, -0.15) is 0 Å². The molecule has 1 aliphatic rings. The van der Waals surface area contributed by atoms with E-state index in [1.807, 2.05) is 16.3 Å². The summed E-state index contributed by atoms with van der Waals surface area (Å²) in [6, 6.07) is 4.50. The first-order valence-electron chi connectivity index (χ1n) is 6.90. The second-order valence-electron chi connectivity index (χ2n) is 5.12. The zero-order valence-corrected chi connectivity index (χ0v) is 12.9. The van der Waals surface area contributed by atoms with Crippen molar-refractivity contribution in [3.8, 4) is 0 Å². The third-order valence-corrected chi connectivity index (χ3v) is 5.66. The largest absolute Gasteiger partial charge is 0.396 e. The van der Waals surface area contributed by atoms with Crippen molar-refractivity contribution in [2.75, 3.05) is 5.73 Å². The number of fused-ring (bicyclic) bond motifs is 1. The predicted octanol–water partition coefficient (Wildman–Crippen LogP) is 3.13. The lowest BCUT2D eigenvalue weighted by Crippen LogP contribution is -2.08. The van der Waals surface area contributed by atoms with E-state index in [0.717, 1.165) is 33.1 Å². The topological polar surface area (TPSA) is 82.5 Å². The number of anilines is 1. The van der Waals surface area contributed by atoms with Crippen LogP contribution in [-0.2, 0) is 0 Å². The number of aromatic nitrogens is 5. The van der Waals surface area contributed by atoms with Gasteiger partial charge in [-0.15, -0.1) is 16.4 Å². The molecule has 0 amide bonds. The third-order valence-electron chi connectivity index (χ3n) is 3.84. The van der Waals surface area contributed by atoms with Gasteiger partial charge in [0.2, 0.25) is 5.16 Å². The van der Waals surface area contributed by atoms with Crippen molar-refractivity contribution in [1.82, 2.24) is 25.2 Å². The van der Waals surface area contributed by atoms with Gasteiger partial charge >= 0.3 is 0 Å². The molecular formula is C13H14N6S2. The molecule has 0 spiro atoms. The van der Waals surface area contributed by atoms with E-state index in [4.69, 9.17) is 5.73 Å². The molecular weight excluding hydrogens is 304 g/mol. The van der Waals surface area contributed by atoms with Crippen molar-refractivity contribution >= 4 is 39.0 Å². The minimum atomic E-state index is 0.423. The number of rotatable bonds is 3. The van der Waals surface area contributed by atoms with Crippen LogP contribution in [0.15, 0.2) is 27.7 Å². The average Bonchev–Trinajstić information content (AvgIpc) is 3.21. The van der Waals surface area contributed by atoms with Crippen LogP contribution >= 0.6 is 23.1 Å². The average molecular weight is 318 g/mol. The quantitative estimate of drug-likeness (QED) is 0.747. The Hall–Kier alpha value is -1.67. The number of thiazole rings is 1. The third kappa shape index (κ3) is 2.28. The number of benzene rings is 1. The van der Waals surface area contributed by atoms with Crippen LogP contribution in [0.2, 0.25) is 0 Å². The second kappa shape index (κ2) is 5.27. The molecule has 108 valence electrons. The minimum absolute atomic E-state index is 0.423. The molecule has 0 atom stereocenters. The highest BCUT2D eigenvalue weighted by Crippen LogP contribution is 2.38. The van der Waals surface area contributed by atoms with Crippen molar-refractivity contribution in [2.45, 2.75) is 41.8 Å². The summed E-state index contributed by atoms with van der Waals surface area (Å²) in [5.41, 5.74) is 9.62. The molecule has 2 N–H and O–H groups in total. The smallest absolute Gasteiger partial charge is 0.214 e. The van der Waals surface area contributed by atoms with Crippen LogP contribution in [0.25, 0.3) is 10.2 Å². The standard InChI is InChI=1S/C13H14N6S2/c14-11-9(5-6-10-12(11)15-7-20-10)21-13-16-17-18-19(13)8-3-1-2-4-8/h5-8H,1-4,14H2. The van der Waals surface area contributed by atoms with Crippen LogP contribution in [-0.4, -0.2) is 25.2 Å². The number of nitrogens with zero attached hydrogens (tertiary/aromatic N) is 5. The molecule has 1 fully saturated rings. The van der Waals surface area contributed by atoms with E-state index in [1.165, 1.54) is 24.6 Å². The summed E-state index contributed by atoms with van der Waals surface area (Å²) in [4.78, 5) is 5.29. The normalized spacial score (nSPS) is 16.0. The van der Waals surface area contributed by atoms with Crippen LogP contribution in [0.3, 0.4) is 0 Å². The van der Waals surface area contributed by atoms with Crippen LogP contribution in [0.1, 0.15) is 31.7 Å². The maximum Gasteiger partial charge on any atom is 0.214 e. The Labute approximate surface area is 129 Å². The Bertz CT molecular complexity index is 774. The maximum absolute atomic E-state index is 6.23. The molecule has 2 heterocycles. The Morgan fingerprint density at radius 3 is 3.00 bits per heavy atom. The molecule has 8 heteroatoms. The lowest BCUT2D eigenvalue weighted by Gasteiger charge is -2.11. The SMILES string of the molecule is Nc1c(Sc2nnnn2C2CCCC2)ccc2scnc12. The summed E-state index contributed by atoms with van der Waals surface area (Å²) < 4.78 is 3.05. The molecule has 0 bridgehead atoms. The highest BCUT2D eigenvalue weighted by molar-refractivity contribution is 7.99. The highest BCUT2D eigenvalue weighted by atomic mass is 32.2. The fourth-order valence-electron chi connectivity index (χ4n) is 2.75. The summed E-state index contributed by atoms with van der Waals surface area (Å²) in [6.45, 7) is 0. The van der Waals surface area contributed by atoms with Gasteiger partial charge in [0.1, 0.15) is 5.52 Å². The molecule has 3 aromatic rings. The summed E-state index contributed by atoms with van der Waals surface area (Å²) in [5.74, 6) is 0. The number of nitrogen functional groups attached to an aromatic ring is 1. The highest BCUT2D eigenvalue weighted by Gasteiger charge is 2.22. The molecule has 21 heavy (non-hydrogen) atoms. The molecule has 2 aromatic heterocycles. The zero-order chi connectivity index (χ0) is 14.2. The van der Waals surface area contributed by atoms with E-state index in [-0.39, 0.29) is 0 Å². The van der Waals surface area contributed by atoms with Crippen molar-refractivity contribution < 1.29 is 0 Å². The van der Waals surface area contributed by atoms with E-state index in [2.05, 4.69) is 26.6 Å². The van der Waals surface area contributed by atoms with Crippen molar-refractivity contribution in [1.29, 1.82) is 0 Å². The van der Waals surface area contributed by atoms with Gasteiger partial charge < -0.3 is 5.73 Å². The minimum Gasteiger partial charge on any atom is -0.396 e. The van der Waals surface area contributed by atoms with E-state index in [9.17, 15) is 0 Å². The van der Waals surface area contributed by atoms with E-state index >= 15 is 0 Å². The first-order valence-corrected chi connectivity index (χ1v) is 8.60. The van der Waals surface area contributed by atoms with Crippen molar-refractivity contribution in [3.05, 3.63) is 17.6 Å². The van der Waals surface area contributed by atoms with Crippen LogP contribution < -0.4 is 5.73 Å². The van der Waals surface area contributed by atoms with Gasteiger partial charge in [-0.3, -0.25) is 0 Å². The van der Waals surface area contributed by atoms with E-state index in [1.54, 1.807) is 11.3 Å². The fraction of sp³-hybridized carbons (Fsp3) is 0.385. The molecule has 1 aromatic carbocycles. The van der Waals surface area contributed by atoms with Gasteiger partial charge in [0.25, 0.3) is 0 Å². The van der Waals surface area contributed by atoms with Crippen molar-refractivity contribution in [3.63, 3.8) is 0 Å².